The van der Waals surface area contributed by atoms with Gasteiger partial charge in [-0.1, -0.05) is 42.5 Å². The molecule has 0 radical (unpaired) electrons. The van der Waals surface area contributed by atoms with Crippen LogP contribution in [0.2, 0.25) is 0 Å². The molecule has 0 saturated carbocycles. The van der Waals surface area contributed by atoms with Crippen LogP contribution >= 0.6 is 0 Å². The number of fused-ring (bicyclic) bond motifs is 7. The van der Waals surface area contributed by atoms with Gasteiger partial charge in [-0.2, -0.15) is 0 Å². The van der Waals surface area contributed by atoms with Crippen LogP contribution in [0.3, 0.4) is 0 Å². The maximum atomic E-state index is 10.2. The van der Waals surface area contributed by atoms with Gasteiger partial charge in [0, 0.05) is 29.3 Å². The molecule has 0 amide bonds. The van der Waals surface area contributed by atoms with Crippen LogP contribution in [-0.2, 0) is 12.8 Å². The van der Waals surface area contributed by atoms with Crippen molar-refractivity contribution in [1.29, 1.82) is 0 Å². The zero-order valence-corrected chi connectivity index (χ0v) is 14.0. The third kappa shape index (κ3) is 1.74. The molecule has 2 N–H and O–H groups in total. The second-order valence-corrected chi connectivity index (χ2v) is 7.53. The zero-order chi connectivity index (χ0) is 16.3. The fourth-order valence-electron chi connectivity index (χ4n) is 5.05. The van der Waals surface area contributed by atoms with E-state index in [1.807, 2.05) is 0 Å². The number of rotatable bonds is 1. The number of benzene rings is 2. The maximum Gasteiger partial charge on any atom is 0.156 e. The molecule has 2 aromatic carbocycles. The van der Waals surface area contributed by atoms with Crippen molar-refractivity contribution in [2.45, 2.75) is 24.9 Å². The van der Waals surface area contributed by atoms with Crippen molar-refractivity contribution >= 4 is 10.9 Å². The van der Waals surface area contributed by atoms with Crippen molar-refractivity contribution in [3.8, 4) is 0 Å². The molecule has 3 nitrogen and oxygen atoms in total. The molecule has 0 fully saturated rings. The summed E-state index contributed by atoms with van der Waals surface area (Å²) >= 11 is 0. The minimum atomic E-state index is 0.244. The first kappa shape index (κ1) is 14.3. The van der Waals surface area contributed by atoms with Crippen LogP contribution in [0.25, 0.3) is 10.9 Å². The molecule has 122 valence electrons. The van der Waals surface area contributed by atoms with Gasteiger partial charge in [0.1, 0.15) is 6.04 Å². The van der Waals surface area contributed by atoms with Crippen molar-refractivity contribution in [2.24, 2.45) is 0 Å². The normalized spacial score (nSPS) is 28.2. The van der Waals surface area contributed by atoms with Crippen LogP contribution in [0.1, 0.15) is 28.4 Å². The Balaban J connectivity index is 1.82. The lowest BCUT2D eigenvalue weighted by Gasteiger charge is -2.52. The molecule has 3 heterocycles. The van der Waals surface area contributed by atoms with Gasteiger partial charge in [-0.3, -0.25) is 0 Å². The van der Waals surface area contributed by atoms with Gasteiger partial charge in [0.05, 0.1) is 25.9 Å². The number of likely N-dealkylation sites (N-methyl/N-ethyl adjacent to an activating group) is 1. The van der Waals surface area contributed by atoms with Crippen LogP contribution < -0.4 is 0 Å². The molecule has 24 heavy (non-hydrogen) atoms. The molecular formula is C21H23N2O+. The molecule has 5 rings (SSSR count). The summed E-state index contributed by atoms with van der Waals surface area (Å²) in [7, 11) is 2.33. The molecular weight excluding hydrogens is 296 g/mol. The minimum Gasteiger partial charge on any atom is -0.390 e. The van der Waals surface area contributed by atoms with Crippen LogP contribution in [0.15, 0.2) is 48.5 Å². The van der Waals surface area contributed by atoms with Gasteiger partial charge in [0.25, 0.3) is 0 Å². The Labute approximate surface area is 142 Å². The fourth-order valence-corrected chi connectivity index (χ4v) is 5.05. The summed E-state index contributed by atoms with van der Waals surface area (Å²) < 4.78 is 0.910. The Kier molecular flexibility index (Phi) is 2.94. The molecule has 3 aromatic rings. The summed E-state index contributed by atoms with van der Waals surface area (Å²) in [5.41, 5.74) is 6.87. The highest BCUT2D eigenvalue weighted by Crippen LogP contribution is 2.47. The second-order valence-electron chi connectivity index (χ2n) is 7.53. The Hall–Kier alpha value is -2.10. The van der Waals surface area contributed by atoms with Gasteiger partial charge < -0.3 is 14.6 Å². The van der Waals surface area contributed by atoms with Crippen LogP contribution in [0.5, 0.6) is 0 Å². The predicted octanol–water partition coefficient (Wildman–Crippen LogP) is 3.18. The molecule has 2 aliphatic heterocycles. The first-order valence-electron chi connectivity index (χ1n) is 8.85. The number of hydrogen-bond acceptors (Lipinski definition) is 1. The molecule has 0 spiro atoms. The standard InChI is InChI=1S/C21H23N2O/c1-23-11-10-14-6-2-3-7-16(14)21(23)20-18(12-15(23)13-24)17-8-4-5-9-19(17)22-20/h2-9,15,21-22,24H,10-13H2,1H3/q+1/t15-,21?,23?/m1/s1. The van der Waals surface area contributed by atoms with Crippen molar-refractivity contribution in [1.82, 2.24) is 4.98 Å². The Bertz CT molecular complexity index is 928. The third-order valence-corrected chi connectivity index (χ3v) is 6.41. The lowest BCUT2D eigenvalue weighted by atomic mass is 9.80. The number of aliphatic hydroxyl groups excluding tert-OH is 1. The van der Waals surface area contributed by atoms with Crippen molar-refractivity contribution in [2.75, 3.05) is 20.2 Å². The van der Waals surface area contributed by atoms with Gasteiger partial charge in [-0.05, 0) is 17.2 Å². The van der Waals surface area contributed by atoms with E-state index in [9.17, 15) is 5.11 Å². The van der Waals surface area contributed by atoms with Gasteiger partial charge in [-0.15, -0.1) is 0 Å². The summed E-state index contributed by atoms with van der Waals surface area (Å²) in [6, 6.07) is 18.0. The molecule has 2 aliphatic rings. The number of nitrogens with one attached hydrogen (secondary N) is 1. The number of aromatic nitrogens is 1. The lowest BCUT2D eigenvalue weighted by molar-refractivity contribution is -0.961. The Morgan fingerprint density at radius 2 is 1.92 bits per heavy atom. The van der Waals surface area contributed by atoms with E-state index in [1.54, 1.807) is 0 Å². The highest BCUT2D eigenvalue weighted by molar-refractivity contribution is 5.85. The predicted molar refractivity (Wildman–Crippen MR) is 95.9 cm³/mol. The molecule has 2 unspecified atom stereocenters. The topological polar surface area (TPSA) is 36.0 Å². The summed E-state index contributed by atoms with van der Waals surface area (Å²) in [4.78, 5) is 3.73. The third-order valence-electron chi connectivity index (χ3n) is 6.41. The summed E-state index contributed by atoms with van der Waals surface area (Å²) in [5, 5.41) is 11.5. The number of H-pyrrole nitrogens is 1. The van der Waals surface area contributed by atoms with Gasteiger partial charge in [0.2, 0.25) is 0 Å². The van der Waals surface area contributed by atoms with E-state index < -0.39 is 0 Å². The fraction of sp³-hybridized carbons (Fsp3) is 0.333. The van der Waals surface area contributed by atoms with Crippen LogP contribution in [-0.4, -0.2) is 40.8 Å². The van der Waals surface area contributed by atoms with Crippen LogP contribution in [0.4, 0.5) is 0 Å². The maximum absolute atomic E-state index is 10.2. The minimum absolute atomic E-state index is 0.244. The summed E-state index contributed by atoms with van der Waals surface area (Å²) in [6.45, 7) is 1.33. The summed E-state index contributed by atoms with van der Waals surface area (Å²) in [5.74, 6) is 0. The van der Waals surface area contributed by atoms with E-state index in [0.29, 0.717) is 6.04 Å². The van der Waals surface area contributed by atoms with Gasteiger partial charge >= 0.3 is 0 Å². The first-order valence-corrected chi connectivity index (χ1v) is 8.85. The van der Waals surface area contributed by atoms with Crippen molar-refractivity contribution < 1.29 is 9.59 Å². The van der Waals surface area contributed by atoms with Crippen LogP contribution in [0, 0.1) is 0 Å². The largest absolute Gasteiger partial charge is 0.390 e. The molecule has 3 heteroatoms. The first-order chi connectivity index (χ1) is 11.7. The highest BCUT2D eigenvalue weighted by Gasteiger charge is 2.50. The smallest absolute Gasteiger partial charge is 0.156 e. The zero-order valence-electron chi connectivity index (χ0n) is 14.0. The average Bonchev–Trinajstić information content (AvgIpc) is 2.98. The average molecular weight is 319 g/mol. The van der Waals surface area contributed by atoms with Gasteiger partial charge in [0.15, 0.2) is 6.04 Å². The molecule has 0 saturated heterocycles. The number of para-hydroxylation sites is 1. The lowest BCUT2D eigenvalue weighted by Crippen LogP contribution is -2.62. The van der Waals surface area contributed by atoms with E-state index in [2.05, 4.69) is 60.6 Å². The monoisotopic (exact) mass is 319 g/mol. The second kappa shape index (κ2) is 4.95. The molecule has 1 aromatic heterocycles. The SMILES string of the molecule is C[N+]12CCc3ccccc3C1c1[nH]c3ccccc3c1C[C@@H]2CO. The Morgan fingerprint density at radius 1 is 1.12 bits per heavy atom. The van der Waals surface area contributed by atoms with Gasteiger partial charge in [-0.25, -0.2) is 0 Å². The number of aliphatic hydroxyl groups is 1. The molecule has 0 bridgehead atoms. The Morgan fingerprint density at radius 3 is 2.79 bits per heavy atom. The van der Waals surface area contributed by atoms with Crippen molar-refractivity contribution in [3.05, 3.63) is 70.9 Å². The van der Waals surface area contributed by atoms with E-state index in [-0.39, 0.29) is 12.6 Å². The van der Waals surface area contributed by atoms with E-state index >= 15 is 0 Å². The molecule has 0 aliphatic carbocycles. The quantitative estimate of drug-likeness (QED) is 0.664. The van der Waals surface area contributed by atoms with E-state index in [4.69, 9.17) is 0 Å². The van der Waals surface area contributed by atoms with Crippen molar-refractivity contribution in [3.63, 3.8) is 0 Å². The number of hydrogen-bond donors (Lipinski definition) is 2. The highest BCUT2D eigenvalue weighted by atomic mass is 16.3. The number of nitrogens with zero attached hydrogens (tertiary/aromatic N) is 1. The van der Waals surface area contributed by atoms with E-state index in [0.717, 1.165) is 23.9 Å². The van der Waals surface area contributed by atoms with E-state index in [1.165, 1.54) is 33.3 Å². The summed E-state index contributed by atoms with van der Waals surface area (Å²) in [6.07, 6.45) is 2.04. The number of quaternary nitrogens is 1. The number of aromatic amines is 1. The molecule has 3 atom stereocenters.